The van der Waals surface area contributed by atoms with Gasteiger partial charge in [0, 0.05) is 18.5 Å². The molecule has 6 nitrogen and oxygen atoms in total. The number of carbonyl (C=O) groups is 1. The first-order chi connectivity index (χ1) is 15.3. The molecule has 0 bridgehead atoms. The van der Waals surface area contributed by atoms with Crippen molar-refractivity contribution in [1.29, 1.82) is 0 Å². The van der Waals surface area contributed by atoms with Crippen LogP contribution in [0.1, 0.15) is 10.4 Å². The van der Waals surface area contributed by atoms with E-state index in [4.69, 9.17) is 4.74 Å². The number of ether oxygens (including phenoxy) is 1. The molecule has 0 saturated heterocycles. The first-order valence-electron chi connectivity index (χ1n) is 10.0. The molecule has 1 aromatic heterocycles. The average molecular weight is 471 g/mol. The van der Waals surface area contributed by atoms with E-state index < -0.39 is 10.0 Å². The van der Waals surface area contributed by atoms with Crippen LogP contribution >= 0.6 is 11.3 Å². The number of hydrogen-bond donors (Lipinski definition) is 0. The molecule has 3 rings (SSSR count). The maximum Gasteiger partial charge on any atom is 0.264 e. The highest BCUT2D eigenvalue weighted by Gasteiger charge is 2.21. The van der Waals surface area contributed by atoms with E-state index in [9.17, 15) is 13.2 Å². The second-order valence-electron chi connectivity index (χ2n) is 7.21. The van der Waals surface area contributed by atoms with E-state index in [1.807, 2.05) is 24.4 Å². The van der Waals surface area contributed by atoms with E-state index in [1.54, 1.807) is 70.8 Å². The molecular weight excluding hydrogens is 444 g/mol. The van der Waals surface area contributed by atoms with Crippen molar-refractivity contribution in [1.82, 2.24) is 4.90 Å². The summed E-state index contributed by atoms with van der Waals surface area (Å²) in [4.78, 5) is 15.6. The van der Waals surface area contributed by atoms with Gasteiger partial charge in [-0.2, -0.15) is 0 Å². The molecule has 2 aromatic carbocycles. The molecule has 1 heterocycles. The largest absolute Gasteiger partial charge is 0.484 e. The van der Waals surface area contributed by atoms with Crippen LogP contribution in [0.15, 0.2) is 83.6 Å². The van der Waals surface area contributed by atoms with E-state index in [1.165, 1.54) is 11.4 Å². The van der Waals surface area contributed by atoms with Gasteiger partial charge in [-0.25, -0.2) is 8.42 Å². The van der Waals surface area contributed by atoms with Gasteiger partial charge in [0.1, 0.15) is 5.75 Å². The van der Waals surface area contributed by atoms with Crippen LogP contribution < -0.4 is 9.04 Å². The summed E-state index contributed by atoms with van der Waals surface area (Å²) in [5.41, 5.74) is 1.49. The van der Waals surface area contributed by atoms with E-state index in [-0.39, 0.29) is 17.4 Å². The molecule has 0 radical (unpaired) electrons. The molecule has 0 aliphatic rings. The first-order valence-corrected chi connectivity index (χ1v) is 12.3. The minimum Gasteiger partial charge on any atom is -0.484 e. The zero-order valence-corrected chi connectivity index (χ0v) is 19.7. The molecule has 0 aliphatic heterocycles. The van der Waals surface area contributed by atoms with Crippen LogP contribution in [0.4, 0.5) is 5.69 Å². The Morgan fingerprint density at radius 3 is 2.38 bits per heavy atom. The van der Waals surface area contributed by atoms with E-state index in [0.29, 0.717) is 24.5 Å². The molecule has 32 heavy (non-hydrogen) atoms. The van der Waals surface area contributed by atoms with Gasteiger partial charge >= 0.3 is 0 Å². The van der Waals surface area contributed by atoms with Crippen LogP contribution in [0, 0.1) is 6.92 Å². The molecule has 8 heteroatoms. The number of rotatable bonds is 10. The van der Waals surface area contributed by atoms with Crippen molar-refractivity contribution in [3.05, 3.63) is 89.1 Å². The summed E-state index contributed by atoms with van der Waals surface area (Å²) >= 11 is 1.59. The Labute approximate surface area is 193 Å². The zero-order valence-electron chi connectivity index (χ0n) is 18.1. The summed E-state index contributed by atoms with van der Waals surface area (Å²) in [7, 11) is -2.16. The number of sulfonamides is 1. The van der Waals surface area contributed by atoms with Gasteiger partial charge < -0.3 is 9.64 Å². The molecule has 0 spiro atoms. The molecule has 0 fully saturated rings. The van der Waals surface area contributed by atoms with Crippen molar-refractivity contribution in [2.24, 2.45) is 0 Å². The normalized spacial score (nSPS) is 11.1. The fraction of sp³-hybridized carbons (Fsp3) is 0.208. The summed E-state index contributed by atoms with van der Waals surface area (Å²) in [6, 6.07) is 17.3. The lowest BCUT2D eigenvalue weighted by atomic mass is 10.2. The molecule has 168 valence electrons. The molecule has 0 unspecified atom stereocenters. The van der Waals surface area contributed by atoms with Crippen LogP contribution in [0.2, 0.25) is 0 Å². The lowest BCUT2D eigenvalue weighted by Crippen LogP contribution is -2.34. The number of carbonyl (C=O) groups excluding carboxylic acids is 1. The number of aryl methyl sites for hydroxylation is 1. The molecule has 0 aliphatic carbocycles. The Hall–Kier alpha value is -3.10. The van der Waals surface area contributed by atoms with Crippen molar-refractivity contribution in [2.45, 2.75) is 18.4 Å². The molecule has 3 aromatic rings. The van der Waals surface area contributed by atoms with Crippen LogP contribution in [0.5, 0.6) is 5.75 Å². The van der Waals surface area contributed by atoms with Crippen molar-refractivity contribution in [3.8, 4) is 5.75 Å². The Morgan fingerprint density at radius 2 is 1.78 bits per heavy atom. The van der Waals surface area contributed by atoms with Gasteiger partial charge in [-0.15, -0.1) is 17.9 Å². The molecule has 0 N–H and O–H groups in total. The maximum atomic E-state index is 12.8. The lowest BCUT2D eigenvalue weighted by molar-refractivity contribution is -0.133. The van der Waals surface area contributed by atoms with Gasteiger partial charge in [-0.1, -0.05) is 29.8 Å². The van der Waals surface area contributed by atoms with E-state index in [2.05, 4.69) is 6.58 Å². The van der Waals surface area contributed by atoms with E-state index in [0.717, 1.165) is 10.4 Å². The van der Waals surface area contributed by atoms with Crippen LogP contribution in [-0.2, 0) is 21.4 Å². The highest BCUT2D eigenvalue weighted by atomic mass is 32.2. The Kier molecular flexibility index (Phi) is 7.71. The summed E-state index contributed by atoms with van der Waals surface area (Å²) in [6.07, 6.45) is 1.69. The highest BCUT2D eigenvalue weighted by Crippen LogP contribution is 2.24. The van der Waals surface area contributed by atoms with Crippen LogP contribution in [-0.4, -0.2) is 39.4 Å². The third kappa shape index (κ3) is 5.77. The maximum absolute atomic E-state index is 12.8. The smallest absolute Gasteiger partial charge is 0.264 e. The number of hydrogen-bond acceptors (Lipinski definition) is 5. The first kappa shape index (κ1) is 23.6. The second-order valence-corrected chi connectivity index (χ2v) is 10.2. The monoisotopic (exact) mass is 470 g/mol. The predicted octanol–water partition coefficient (Wildman–Crippen LogP) is 4.48. The number of nitrogens with zero attached hydrogens (tertiary/aromatic N) is 2. The fourth-order valence-electron chi connectivity index (χ4n) is 3.00. The highest BCUT2D eigenvalue weighted by molar-refractivity contribution is 7.92. The standard InChI is InChI=1S/C24H26N2O4S2/c1-4-15-26(17-22-6-5-16-31-22)24(27)18-30-21-11-9-20(10-12-21)25(3)32(28,29)23-13-7-19(2)8-14-23/h4-14,16H,1,15,17-18H2,2-3H3. The van der Waals surface area contributed by atoms with Gasteiger partial charge in [-0.05, 0) is 54.8 Å². The van der Waals surface area contributed by atoms with Gasteiger partial charge in [0.25, 0.3) is 15.9 Å². The number of anilines is 1. The molecule has 0 saturated carbocycles. The van der Waals surface area contributed by atoms with Crippen molar-refractivity contribution >= 4 is 33.0 Å². The zero-order chi connectivity index (χ0) is 23.1. The molecule has 1 amide bonds. The summed E-state index contributed by atoms with van der Waals surface area (Å²) in [5.74, 6) is 0.333. The second kappa shape index (κ2) is 10.5. The third-order valence-corrected chi connectivity index (χ3v) is 7.53. The number of amides is 1. The molecular formula is C24H26N2O4S2. The Morgan fingerprint density at radius 1 is 1.09 bits per heavy atom. The Bertz CT molecular complexity index is 1140. The number of benzene rings is 2. The van der Waals surface area contributed by atoms with Gasteiger partial charge in [0.2, 0.25) is 0 Å². The minimum atomic E-state index is -3.67. The van der Waals surface area contributed by atoms with Gasteiger partial charge in [-0.3, -0.25) is 9.10 Å². The van der Waals surface area contributed by atoms with Crippen molar-refractivity contribution in [2.75, 3.05) is 24.5 Å². The predicted molar refractivity (Wildman–Crippen MR) is 129 cm³/mol. The van der Waals surface area contributed by atoms with Crippen LogP contribution in [0.3, 0.4) is 0 Å². The third-order valence-electron chi connectivity index (χ3n) is 4.87. The minimum absolute atomic E-state index is 0.115. The quantitative estimate of drug-likeness (QED) is 0.410. The lowest BCUT2D eigenvalue weighted by Gasteiger charge is -2.21. The number of thiophene rings is 1. The topological polar surface area (TPSA) is 66.9 Å². The van der Waals surface area contributed by atoms with Crippen molar-refractivity contribution < 1.29 is 17.9 Å². The Balaban J connectivity index is 1.63. The summed E-state index contributed by atoms with van der Waals surface area (Å²) < 4.78 is 32.6. The van der Waals surface area contributed by atoms with Gasteiger partial charge in [0.15, 0.2) is 6.61 Å². The summed E-state index contributed by atoms with van der Waals surface area (Å²) in [5, 5.41) is 1.97. The fourth-order valence-corrected chi connectivity index (χ4v) is 4.91. The van der Waals surface area contributed by atoms with E-state index >= 15 is 0 Å². The summed E-state index contributed by atoms with van der Waals surface area (Å²) in [6.45, 7) is 6.45. The van der Waals surface area contributed by atoms with Crippen molar-refractivity contribution in [3.63, 3.8) is 0 Å². The SMILES string of the molecule is C=CCN(Cc1cccs1)C(=O)COc1ccc(N(C)S(=O)(=O)c2ccc(C)cc2)cc1. The average Bonchev–Trinajstić information content (AvgIpc) is 3.30. The van der Waals surface area contributed by atoms with Crippen LogP contribution in [0.25, 0.3) is 0 Å². The molecule has 0 atom stereocenters. The van der Waals surface area contributed by atoms with Gasteiger partial charge in [0.05, 0.1) is 17.1 Å².